The minimum atomic E-state index is -0.114. The van der Waals surface area contributed by atoms with E-state index in [1.54, 1.807) is 6.20 Å². The van der Waals surface area contributed by atoms with E-state index < -0.39 is 0 Å². The van der Waals surface area contributed by atoms with Crippen molar-refractivity contribution in [1.29, 1.82) is 0 Å². The normalized spacial score (nSPS) is 16.0. The van der Waals surface area contributed by atoms with Gasteiger partial charge >= 0.3 is 0 Å². The Balaban J connectivity index is 1.44. The number of nitrogens with zero attached hydrogens (tertiary/aromatic N) is 2. The van der Waals surface area contributed by atoms with Crippen molar-refractivity contribution in [3.05, 3.63) is 72.1 Å². The molecule has 126 valence electrons. The van der Waals surface area contributed by atoms with Crippen LogP contribution in [0.2, 0.25) is 0 Å². The van der Waals surface area contributed by atoms with Crippen molar-refractivity contribution in [2.75, 3.05) is 18.0 Å². The Labute approximate surface area is 147 Å². The number of amides is 1. The number of benzene rings is 2. The number of fused-ring (bicyclic) bond motifs is 2. The fraction of sp³-hybridized carbons (Fsp3) is 0.238. The summed E-state index contributed by atoms with van der Waals surface area (Å²) >= 11 is 0. The number of rotatable bonds is 4. The molecule has 0 radical (unpaired) electrons. The monoisotopic (exact) mass is 331 g/mol. The summed E-state index contributed by atoms with van der Waals surface area (Å²) in [5, 5.41) is 4.95. The second kappa shape index (κ2) is 6.55. The summed E-state index contributed by atoms with van der Waals surface area (Å²) in [6.45, 7) is 3.63. The van der Waals surface area contributed by atoms with E-state index in [0.29, 0.717) is 18.3 Å². The number of hydrogen-bond acceptors (Lipinski definition) is 3. The van der Waals surface area contributed by atoms with E-state index in [1.807, 2.05) is 30.3 Å². The lowest BCUT2D eigenvalue weighted by atomic mass is 10.1. The number of hydrogen-bond donors (Lipinski definition) is 1. The van der Waals surface area contributed by atoms with Gasteiger partial charge < -0.3 is 10.2 Å². The van der Waals surface area contributed by atoms with E-state index in [0.717, 1.165) is 23.7 Å². The summed E-state index contributed by atoms with van der Waals surface area (Å²) in [7, 11) is 0. The fourth-order valence-electron chi connectivity index (χ4n) is 3.64. The van der Waals surface area contributed by atoms with Crippen molar-refractivity contribution in [3.63, 3.8) is 0 Å². The molecular formula is C21H21N3O. The SMILES string of the molecule is CC1Cc2ccccc2N1CCNC(=O)c1nccc2ccccc12. The van der Waals surface area contributed by atoms with E-state index in [4.69, 9.17) is 0 Å². The zero-order valence-corrected chi connectivity index (χ0v) is 14.3. The Morgan fingerprint density at radius 3 is 2.88 bits per heavy atom. The maximum atomic E-state index is 12.6. The van der Waals surface area contributed by atoms with Crippen molar-refractivity contribution in [3.8, 4) is 0 Å². The first-order valence-electron chi connectivity index (χ1n) is 8.70. The minimum absolute atomic E-state index is 0.114. The van der Waals surface area contributed by atoms with Crippen molar-refractivity contribution in [2.45, 2.75) is 19.4 Å². The third-order valence-corrected chi connectivity index (χ3v) is 4.88. The van der Waals surface area contributed by atoms with E-state index in [9.17, 15) is 4.79 Å². The molecule has 2 aromatic carbocycles. The summed E-state index contributed by atoms with van der Waals surface area (Å²) in [5.41, 5.74) is 3.16. The van der Waals surface area contributed by atoms with E-state index in [-0.39, 0.29) is 5.91 Å². The number of aromatic nitrogens is 1. The lowest BCUT2D eigenvalue weighted by Gasteiger charge is -2.25. The quantitative estimate of drug-likeness (QED) is 0.797. The Morgan fingerprint density at radius 2 is 1.96 bits per heavy atom. The molecule has 1 N–H and O–H groups in total. The molecule has 1 unspecified atom stereocenters. The summed E-state index contributed by atoms with van der Waals surface area (Å²) in [4.78, 5) is 19.2. The average Bonchev–Trinajstić information content (AvgIpc) is 2.96. The van der Waals surface area contributed by atoms with Crippen LogP contribution in [0.25, 0.3) is 10.8 Å². The predicted molar refractivity (Wildman–Crippen MR) is 101 cm³/mol. The molecule has 1 amide bonds. The van der Waals surface area contributed by atoms with Gasteiger partial charge in [-0.25, -0.2) is 0 Å². The number of carbonyl (C=O) groups is 1. The summed E-state index contributed by atoms with van der Waals surface area (Å²) in [6, 6.07) is 18.7. The van der Waals surface area contributed by atoms with Crippen molar-refractivity contribution in [2.24, 2.45) is 0 Å². The molecule has 0 bridgehead atoms. The number of para-hydroxylation sites is 1. The van der Waals surface area contributed by atoms with E-state index in [2.05, 4.69) is 46.4 Å². The average molecular weight is 331 g/mol. The molecule has 1 aliphatic heterocycles. The highest BCUT2D eigenvalue weighted by molar-refractivity contribution is 6.05. The molecule has 2 heterocycles. The molecule has 0 aliphatic carbocycles. The summed E-state index contributed by atoms with van der Waals surface area (Å²) < 4.78 is 0. The number of carbonyl (C=O) groups excluding carboxylic acids is 1. The van der Waals surface area contributed by atoms with E-state index >= 15 is 0 Å². The van der Waals surface area contributed by atoms with Gasteiger partial charge in [0.15, 0.2) is 0 Å². The maximum absolute atomic E-state index is 12.6. The molecule has 3 aromatic rings. The number of pyridine rings is 1. The third-order valence-electron chi connectivity index (χ3n) is 4.88. The molecule has 0 saturated carbocycles. The molecule has 4 nitrogen and oxygen atoms in total. The molecule has 0 fully saturated rings. The van der Waals surface area contributed by atoms with Crippen LogP contribution in [-0.4, -0.2) is 30.0 Å². The first kappa shape index (κ1) is 15.6. The Morgan fingerprint density at radius 1 is 1.16 bits per heavy atom. The van der Waals surface area contributed by atoms with Crippen LogP contribution in [0.15, 0.2) is 60.8 Å². The van der Waals surface area contributed by atoms with Gasteiger partial charge in [0, 0.05) is 36.4 Å². The molecule has 0 saturated heterocycles. The van der Waals surface area contributed by atoms with Gasteiger partial charge in [0.2, 0.25) is 0 Å². The third kappa shape index (κ3) is 2.95. The van der Waals surface area contributed by atoms with Crippen molar-refractivity contribution < 1.29 is 4.79 Å². The minimum Gasteiger partial charge on any atom is -0.367 e. The van der Waals surface area contributed by atoms with Crippen LogP contribution >= 0.6 is 0 Å². The zero-order chi connectivity index (χ0) is 17.2. The molecule has 1 atom stereocenters. The Hall–Kier alpha value is -2.88. The largest absolute Gasteiger partial charge is 0.367 e. The lowest BCUT2D eigenvalue weighted by molar-refractivity contribution is 0.0951. The van der Waals surface area contributed by atoms with Gasteiger partial charge in [0.05, 0.1) is 0 Å². The molecule has 25 heavy (non-hydrogen) atoms. The lowest BCUT2D eigenvalue weighted by Crippen LogP contribution is -2.38. The van der Waals surface area contributed by atoms with Gasteiger partial charge in [-0.2, -0.15) is 0 Å². The van der Waals surface area contributed by atoms with Gasteiger partial charge in [-0.1, -0.05) is 42.5 Å². The summed E-state index contributed by atoms with van der Waals surface area (Å²) in [5.74, 6) is -0.114. The van der Waals surface area contributed by atoms with Crippen LogP contribution in [0.1, 0.15) is 23.0 Å². The highest BCUT2D eigenvalue weighted by Gasteiger charge is 2.25. The fourth-order valence-corrected chi connectivity index (χ4v) is 3.64. The summed E-state index contributed by atoms with van der Waals surface area (Å²) in [6.07, 6.45) is 2.75. The van der Waals surface area contributed by atoms with E-state index in [1.165, 1.54) is 11.3 Å². The molecule has 4 heteroatoms. The van der Waals surface area contributed by atoms with Crippen LogP contribution in [0.5, 0.6) is 0 Å². The van der Waals surface area contributed by atoms with Gasteiger partial charge in [0.25, 0.3) is 5.91 Å². The first-order valence-corrected chi connectivity index (χ1v) is 8.70. The van der Waals surface area contributed by atoms with Crippen molar-refractivity contribution in [1.82, 2.24) is 10.3 Å². The predicted octanol–water partition coefficient (Wildman–Crippen LogP) is 3.42. The van der Waals surface area contributed by atoms with Gasteiger partial charge in [-0.15, -0.1) is 0 Å². The molecule has 1 aliphatic rings. The Kier molecular flexibility index (Phi) is 4.10. The van der Waals surface area contributed by atoms with Crippen LogP contribution in [-0.2, 0) is 6.42 Å². The molecular weight excluding hydrogens is 310 g/mol. The van der Waals surface area contributed by atoms with Gasteiger partial charge in [-0.3, -0.25) is 9.78 Å². The standard InChI is InChI=1S/C21H21N3O/c1-15-14-17-7-3-5-9-19(17)24(15)13-12-23-21(25)20-18-8-4-2-6-16(18)10-11-22-20/h2-11,15H,12-14H2,1H3,(H,23,25). The molecule has 0 spiro atoms. The van der Waals surface area contributed by atoms with Gasteiger partial charge in [-0.05, 0) is 36.4 Å². The molecule has 1 aromatic heterocycles. The number of anilines is 1. The topological polar surface area (TPSA) is 45.2 Å². The second-order valence-corrected chi connectivity index (χ2v) is 6.51. The maximum Gasteiger partial charge on any atom is 0.270 e. The second-order valence-electron chi connectivity index (χ2n) is 6.51. The Bertz CT molecular complexity index is 916. The first-order chi connectivity index (χ1) is 12.2. The highest BCUT2D eigenvalue weighted by Crippen LogP contribution is 2.31. The van der Waals surface area contributed by atoms with Crippen LogP contribution < -0.4 is 10.2 Å². The highest BCUT2D eigenvalue weighted by atomic mass is 16.1. The smallest absolute Gasteiger partial charge is 0.270 e. The van der Waals surface area contributed by atoms with Crippen LogP contribution in [0.4, 0.5) is 5.69 Å². The van der Waals surface area contributed by atoms with Crippen LogP contribution in [0.3, 0.4) is 0 Å². The van der Waals surface area contributed by atoms with Crippen molar-refractivity contribution >= 4 is 22.4 Å². The molecule has 4 rings (SSSR count). The number of nitrogens with one attached hydrogen (secondary N) is 1. The van der Waals surface area contributed by atoms with Crippen LogP contribution in [0, 0.1) is 0 Å². The van der Waals surface area contributed by atoms with Gasteiger partial charge in [0.1, 0.15) is 5.69 Å². The zero-order valence-electron chi connectivity index (χ0n) is 14.3.